The summed E-state index contributed by atoms with van der Waals surface area (Å²) in [5, 5.41) is 3.47. The van der Waals surface area contributed by atoms with Crippen molar-refractivity contribution in [2.75, 3.05) is 25.5 Å². The van der Waals surface area contributed by atoms with Crippen LogP contribution >= 0.6 is 0 Å². The molecule has 1 aliphatic heterocycles. The van der Waals surface area contributed by atoms with Gasteiger partial charge in [-0.2, -0.15) is 0 Å². The number of hydrogen-bond donors (Lipinski definition) is 2. The molecule has 2 aromatic heterocycles. The Bertz CT molecular complexity index is 900. The Balaban J connectivity index is 1.83. The first-order valence-electron chi connectivity index (χ1n) is 8.37. The van der Waals surface area contributed by atoms with Crippen LogP contribution in [0.1, 0.15) is 25.3 Å². The molecule has 0 radical (unpaired) electrons. The third-order valence-electron chi connectivity index (χ3n) is 4.36. The van der Waals surface area contributed by atoms with E-state index in [2.05, 4.69) is 20.0 Å². The second-order valence-electron chi connectivity index (χ2n) is 5.95. The van der Waals surface area contributed by atoms with Gasteiger partial charge in [-0.25, -0.2) is 9.78 Å². The van der Waals surface area contributed by atoms with E-state index in [1.165, 1.54) is 7.11 Å². The largest absolute Gasteiger partial charge is 0.453 e. The highest BCUT2D eigenvalue weighted by molar-refractivity contribution is 6.36. The lowest BCUT2D eigenvalue weighted by molar-refractivity contribution is -0.144. The molecule has 0 spiro atoms. The smallest absolute Gasteiger partial charge is 0.411 e. The number of amides is 2. The zero-order chi connectivity index (χ0) is 18.7. The van der Waals surface area contributed by atoms with Gasteiger partial charge in [-0.15, -0.1) is 0 Å². The SMILES string of the molecule is CCC(=O)C(=O)N1CC=C(c2c[nH]c3ncc(NC(=O)OC)cc23)CC1. The van der Waals surface area contributed by atoms with E-state index in [0.29, 0.717) is 30.8 Å². The summed E-state index contributed by atoms with van der Waals surface area (Å²) in [4.78, 5) is 43.9. The number of aromatic amines is 1. The molecule has 8 nitrogen and oxygen atoms in total. The number of Topliss-reactive ketones (excluding diaryl/α,β-unsaturated/α-hetero) is 1. The predicted molar refractivity (Wildman–Crippen MR) is 96.6 cm³/mol. The number of methoxy groups -OCH3 is 1. The highest BCUT2D eigenvalue weighted by Gasteiger charge is 2.23. The zero-order valence-corrected chi connectivity index (χ0v) is 14.7. The number of fused-ring (bicyclic) bond motifs is 1. The number of ketones is 1. The van der Waals surface area contributed by atoms with Crippen LogP contribution in [0.15, 0.2) is 24.5 Å². The quantitative estimate of drug-likeness (QED) is 0.818. The van der Waals surface area contributed by atoms with Crippen molar-refractivity contribution in [3.63, 3.8) is 0 Å². The van der Waals surface area contributed by atoms with E-state index in [1.807, 2.05) is 18.3 Å². The van der Waals surface area contributed by atoms with Crippen molar-refractivity contribution in [1.82, 2.24) is 14.9 Å². The number of pyridine rings is 1. The fraction of sp³-hybridized carbons (Fsp3) is 0.333. The first-order valence-corrected chi connectivity index (χ1v) is 8.37. The molecular weight excluding hydrogens is 336 g/mol. The number of anilines is 1. The third kappa shape index (κ3) is 3.44. The first-order chi connectivity index (χ1) is 12.5. The molecule has 3 rings (SSSR count). The van der Waals surface area contributed by atoms with Gasteiger partial charge in [-0.05, 0) is 18.1 Å². The molecule has 2 N–H and O–H groups in total. The Kier molecular flexibility index (Phi) is 5.01. The van der Waals surface area contributed by atoms with Crippen molar-refractivity contribution in [2.24, 2.45) is 0 Å². The van der Waals surface area contributed by atoms with Crippen LogP contribution in [0.4, 0.5) is 10.5 Å². The van der Waals surface area contributed by atoms with E-state index in [1.54, 1.807) is 18.0 Å². The lowest BCUT2D eigenvalue weighted by atomic mass is 9.99. The number of rotatable bonds is 4. The van der Waals surface area contributed by atoms with Crippen LogP contribution < -0.4 is 5.32 Å². The number of ether oxygens (including phenoxy) is 1. The highest BCUT2D eigenvalue weighted by Crippen LogP contribution is 2.30. The maximum atomic E-state index is 12.0. The number of carbonyl (C=O) groups excluding carboxylic acids is 3. The molecule has 0 unspecified atom stereocenters. The minimum Gasteiger partial charge on any atom is -0.453 e. The number of nitrogens with zero attached hydrogens (tertiary/aromatic N) is 2. The van der Waals surface area contributed by atoms with Crippen LogP contribution in [0.3, 0.4) is 0 Å². The third-order valence-corrected chi connectivity index (χ3v) is 4.36. The molecule has 0 saturated heterocycles. The average Bonchev–Trinajstić information content (AvgIpc) is 3.10. The van der Waals surface area contributed by atoms with Gasteiger partial charge in [0, 0.05) is 36.7 Å². The first kappa shape index (κ1) is 17.7. The molecule has 1 aliphatic rings. The Morgan fingerprint density at radius 1 is 1.38 bits per heavy atom. The van der Waals surface area contributed by atoms with Crippen molar-refractivity contribution >= 4 is 40.1 Å². The fourth-order valence-electron chi connectivity index (χ4n) is 2.93. The van der Waals surface area contributed by atoms with Crippen molar-refractivity contribution < 1.29 is 19.1 Å². The maximum absolute atomic E-state index is 12.0. The van der Waals surface area contributed by atoms with Gasteiger partial charge in [0.1, 0.15) is 5.65 Å². The number of hydrogen-bond acceptors (Lipinski definition) is 5. The number of carbonyl (C=O) groups is 3. The van der Waals surface area contributed by atoms with Crippen LogP contribution in [0.5, 0.6) is 0 Å². The molecule has 0 atom stereocenters. The summed E-state index contributed by atoms with van der Waals surface area (Å²) in [6, 6.07) is 1.82. The summed E-state index contributed by atoms with van der Waals surface area (Å²) < 4.78 is 4.59. The molecule has 2 aromatic rings. The zero-order valence-electron chi connectivity index (χ0n) is 14.7. The van der Waals surface area contributed by atoms with Gasteiger partial charge < -0.3 is 14.6 Å². The monoisotopic (exact) mass is 356 g/mol. The van der Waals surface area contributed by atoms with Crippen molar-refractivity contribution in [3.05, 3.63) is 30.1 Å². The van der Waals surface area contributed by atoms with Gasteiger partial charge in [-0.1, -0.05) is 13.0 Å². The van der Waals surface area contributed by atoms with Crippen molar-refractivity contribution in [3.8, 4) is 0 Å². The Morgan fingerprint density at radius 2 is 2.19 bits per heavy atom. The molecule has 0 bridgehead atoms. The highest BCUT2D eigenvalue weighted by atomic mass is 16.5. The molecule has 0 fully saturated rings. The van der Waals surface area contributed by atoms with Crippen LogP contribution in [0.25, 0.3) is 16.6 Å². The second kappa shape index (κ2) is 7.38. The summed E-state index contributed by atoms with van der Waals surface area (Å²) in [5.41, 5.74) is 3.28. The lowest BCUT2D eigenvalue weighted by Crippen LogP contribution is -2.39. The fourth-order valence-corrected chi connectivity index (χ4v) is 2.93. The molecular formula is C18H20N4O4. The predicted octanol–water partition coefficient (Wildman–Crippen LogP) is 2.34. The Morgan fingerprint density at radius 3 is 2.85 bits per heavy atom. The Labute approximate surface area is 150 Å². The molecule has 0 aliphatic carbocycles. The standard InChI is InChI=1S/C18H20N4O4/c1-3-15(23)17(24)22-6-4-11(5-7-22)14-10-20-16-13(14)8-12(9-19-16)21-18(25)26-2/h4,8-10H,3,5-7H2,1-2H3,(H,19,20)(H,21,25). The van der Waals surface area contributed by atoms with Gasteiger partial charge in [0.2, 0.25) is 5.78 Å². The van der Waals surface area contributed by atoms with Crippen molar-refractivity contribution in [1.29, 1.82) is 0 Å². The van der Waals surface area contributed by atoms with Crippen LogP contribution in [0, 0.1) is 0 Å². The molecule has 8 heteroatoms. The molecule has 3 heterocycles. The van der Waals surface area contributed by atoms with Gasteiger partial charge in [0.15, 0.2) is 0 Å². The second-order valence-corrected chi connectivity index (χ2v) is 5.95. The van der Waals surface area contributed by atoms with E-state index < -0.39 is 12.0 Å². The van der Waals surface area contributed by atoms with Crippen LogP contribution in [0.2, 0.25) is 0 Å². The normalized spacial score (nSPS) is 14.1. The molecule has 0 saturated carbocycles. The average molecular weight is 356 g/mol. The van der Waals surface area contributed by atoms with Gasteiger partial charge in [0.05, 0.1) is 19.0 Å². The summed E-state index contributed by atoms with van der Waals surface area (Å²) >= 11 is 0. The number of H-pyrrole nitrogens is 1. The van der Waals surface area contributed by atoms with Crippen LogP contribution in [-0.2, 0) is 14.3 Å². The Hall–Kier alpha value is -3.16. The number of nitrogens with one attached hydrogen (secondary N) is 2. The number of aromatic nitrogens is 2. The molecule has 0 aromatic carbocycles. The van der Waals surface area contributed by atoms with Gasteiger partial charge in [-0.3, -0.25) is 14.9 Å². The maximum Gasteiger partial charge on any atom is 0.411 e. The molecule has 2 amide bonds. The van der Waals surface area contributed by atoms with E-state index in [9.17, 15) is 14.4 Å². The summed E-state index contributed by atoms with van der Waals surface area (Å²) in [6.45, 7) is 2.58. The minimum absolute atomic E-state index is 0.218. The molecule has 136 valence electrons. The van der Waals surface area contributed by atoms with Gasteiger partial charge in [0.25, 0.3) is 5.91 Å². The molecule has 26 heavy (non-hydrogen) atoms. The topological polar surface area (TPSA) is 104 Å². The lowest BCUT2D eigenvalue weighted by Gasteiger charge is -2.25. The van der Waals surface area contributed by atoms with Crippen LogP contribution in [-0.4, -0.2) is 52.9 Å². The van der Waals surface area contributed by atoms with E-state index >= 15 is 0 Å². The minimum atomic E-state index is -0.560. The summed E-state index contributed by atoms with van der Waals surface area (Å²) in [5.74, 6) is -0.787. The van der Waals surface area contributed by atoms with E-state index in [4.69, 9.17) is 0 Å². The van der Waals surface area contributed by atoms with Crippen molar-refractivity contribution in [2.45, 2.75) is 19.8 Å². The summed E-state index contributed by atoms with van der Waals surface area (Å²) in [7, 11) is 1.30. The summed E-state index contributed by atoms with van der Waals surface area (Å²) in [6.07, 6.45) is 5.66. The van der Waals surface area contributed by atoms with E-state index in [0.717, 1.165) is 16.5 Å². The van der Waals surface area contributed by atoms with E-state index in [-0.39, 0.29) is 12.2 Å². The van der Waals surface area contributed by atoms with Gasteiger partial charge >= 0.3 is 6.09 Å².